The molecular formula is C18H23F2N3O. The summed E-state index contributed by atoms with van der Waals surface area (Å²) in [6.45, 7) is 7.23. The van der Waals surface area contributed by atoms with Gasteiger partial charge in [0.25, 0.3) is 5.56 Å². The topological polar surface area (TPSA) is 49.0 Å². The van der Waals surface area contributed by atoms with Crippen LogP contribution in [0.1, 0.15) is 43.5 Å². The number of hydrogen-bond acceptors (Lipinski definition) is 3. The van der Waals surface area contributed by atoms with E-state index in [4.69, 9.17) is 0 Å². The summed E-state index contributed by atoms with van der Waals surface area (Å²) in [4.78, 5) is 21.5. The van der Waals surface area contributed by atoms with E-state index in [1.54, 1.807) is 6.92 Å². The summed E-state index contributed by atoms with van der Waals surface area (Å²) in [5.41, 5.74) is 0.440. The molecule has 0 saturated carbocycles. The highest BCUT2D eigenvalue weighted by molar-refractivity contribution is 5.35. The Labute approximate surface area is 140 Å². The summed E-state index contributed by atoms with van der Waals surface area (Å²) < 4.78 is 27.8. The van der Waals surface area contributed by atoms with E-state index in [0.717, 1.165) is 25.9 Å². The largest absolute Gasteiger partial charge is 0.342 e. The number of H-pyrrole nitrogens is 1. The Morgan fingerprint density at radius 2 is 1.71 bits per heavy atom. The number of anilines is 1. The maximum Gasteiger partial charge on any atom is 0.255 e. The van der Waals surface area contributed by atoms with E-state index in [0.29, 0.717) is 17.2 Å². The van der Waals surface area contributed by atoms with Gasteiger partial charge < -0.3 is 4.90 Å². The first-order valence-electron chi connectivity index (χ1n) is 8.25. The molecule has 0 atom stereocenters. The first-order valence-corrected chi connectivity index (χ1v) is 8.25. The van der Waals surface area contributed by atoms with Crippen LogP contribution in [0.15, 0.2) is 23.0 Å². The average Bonchev–Trinajstić information content (AvgIpc) is 2.54. The van der Waals surface area contributed by atoms with Crippen molar-refractivity contribution < 1.29 is 8.78 Å². The molecule has 1 N–H and O–H groups in total. The Hall–Kier alpha value is -2.24. The Morgan fingerprint density at radius 1 is 1.12 bits per heavy atom. The van der Waals surface area contributed by atoms with Gasteiger partial charge in [-0.15, -0.1) is 0 Å². The average molecular weight is 335 g/mol. The number of aromatic amines is 1. The van der Waals surface area contributed by atoms with Gasteiger partial charge in [0, 0.05) is 30.6 Å². The molecule has 1 aromatic carbocycles. The molecule has 0 aliphatic carbocycles. The number of rotatable bonds is 7. The van der Waals surface area contributed by atoms with E-state index >= 15 is 0 Å². The third kappa shape index (κ3) is 3.99. The molecule has 0 aliphatic rings. The lowest BCUT2D eigenvalue weighted by Gasteiger charge is -2.22. The van der Waals surface area contributed by atoms with Gasteiger partial charge in [-0.2, -0.15) is 0 Å². The lowest BCUT2D eigenvalue weighted by molar-refractivity contribution is 0.560. The molecular weight excluding hydrogens is 312 g/mol. The third-order valence-corrected chi connectivity index (χ3v) is 3.93. The molecule has 2 rings (SSSR count). The molecule has 24 heavy (non-hydrogen) atoms. The summed E-state index contributed by atoms with van der Waals surface area (Å²) in [6, 6.07) is 3.74. The fraction of sp³-hybridized carbons (Fsp3) is 0.444. The molecule has 0 fully saturated rings. The molecule has 0 saturated heterocycles. The molecule has 4 nitrogen and oxygen atoms in total. The molecule has 130 valence electrons. The number of halogens is 2. The zero-order chi connectivity index (χ0) is 17.7. The lowest BCUT2D eigenvalue weighted by Crippen LogP contribution is -2.30. The van der Waals surface area contributed by atoms with Crippen LogP contribution in [0.4, 0.5) is 14.7 Å². The Balaban J connectivity index is 2.45. The fourth-order valence-corrected chi connectivity index (χ4v) is 2.62. The van der Waals surface area contributed by atoms with Crippen LogP contribution in [-0.2, 0) is 6.42 Å². The number of nitrogens with one attached hydrogen (secondary N) is 1. The summed E-state index contributed by atoms with van der Waals surface area (Å²) in [5.74, 6) is -0.796. The van der Waals surface area contributed by atoms with E-state index in [9.17, 15) is 13.6 Å². The van der Waals surface area contributed by atoms with Gasteiger partial charge in [0.05, 0.1) is 5.69 Å². The van der Waals surface area contributed by atoms with Crippen LogP contribution in [-0.4, -0.2) is 23.1 Å². The van der Waals surface area contributed by atoms with Gasteiger partial charge in [-0.1, -0.05) is 19.9 Å². The minimum Gasteiger partial charge on any atom is -0.342 e. The zero-order valence-electron chi connectivity index (χ0n) is 14.3. The number of aromatic nitrogens is 2. The molecule has 6 heteroatoms. The molecule has 2 aromatic rings. The maximum absolute atomic E-state index is 13.9. The quantitative estimate of drug-likeness (QED) is 0.841. The fourth-order valence-electron chi connectivity index (χ4n) is 2.62. The van der Waals surface area contributed by atoms with Crippen molar-refractivity contribution in [3.8, 4) is 0 Å². The second kappa shape index (κ2) is 8.04. The third-order valence-electron chi connectivity index (χ3n) is 3.93. The van der Waals surface area contributed by atoms with E-state index in [-0.39, 0.29) is 17.5 Å². The highest BCUT2D eigenvalue weighted by Crippen LogP contribution is 2.18. The van der Waals surface area contributed by atoms with Gasteiger partial charge in [-0.3, -0.25) is 9.78 Å². The van der Waals surface area contributed by atoms with E-state index in [1.807, 2.05) is 18.7 Å². The maximum atomic E-state index is 13.9. The molecule has 0 unspecified atom stereocenters. The van der Waals surface area contributed by atoms with Gasteiger partial charge in [-0.05, 0) is 31.9 Å². The monoisotopic (exact) mass is 335 g/mol. The van der Waals surface area contributed by atoms with Crippen molar-refractivity contribution in [2.75, 3.05) is 18.0 Å². The summed E-state index contributed by atoms with van der Waals surface area (Å²) in [5, 5.41) is 0. The van der Waals surface area contributed by atoms with Gasteiger partial charge in [-0.25, -0.2) is 13.8 Å². The minimum atomic E-state index is -0.628. The van der Waals surface area contributed by atoms with Gasteiger partial charge >= 0.3 is 0 Å². The van der Waals surface area contributed by atoms with Gasteiger partial charge in [0.2, 0.25) is 5.95 Å². The summed E-state index contributed by atoms with van der Waals surface area (Å²) in [7, 11) is 0. The van der Waals surface area contributed by atoms with Crippen molar-refractivity contribution >= 4 is 5.95 Å². The lowest BCUT2D eigenvalue weighted by atomic mass is 10.1. The summed E-state index contributed by atoms with van der Waals surface area (Å²) >= 11 is 0. The predicted octanol–water partition coefficient (Wildman–Crippen LogP) is 3.57. The van der Waals surface area contributed by atoms with E-state index in [1.165, 1.54) is 18.2 Å². The second-order valence-corrected chi connectivity index (χ2v) is 5.83. The van der Waals surface area contributed by atoms with Crippen LogP contribution in [0.25, 0.3) is 0 Å². The molecule has 0 radical (unpaired) electrons. The van der Waals surface area contributed by atoms with Crippen LogP contribution in [0.5, 0.6) is 0 Å². The Bertz CT molecular complexity index is 732. The van der Waals surface area contributed by atoms with Gasteiger partial charge in [0.15, 0.2) is 0 Å². The number of benzene rings is 1. The SMILES string of the molecule is CCCN(CCC)c1nc(Cc2c(F)cccc2F)c(C)c(=O)[nH]1. The number of hydrogen-bond donors (Lipinski definition) is 1. The first-order chi connectivity index (χ1) is 11.5. The van der Waals surface area contributed by atoms with Crippen molar-refractivity contribution in [3.63, 3.8) is 0 Å². The van der Waals surface area contributed by atoms with Crippen molar-refractivity contribution in [1.82, 2.24) is 9.97 Å². The van der Waals surface area contributed by atoms with Crippen molar-refractivity contribution in [2.24, 2.45) is 0 Å². The van der Waals surface area contributed by atoms with Crippen LogP contribution in [0.3, 0.4) is 0 Å². The van der Waals surface area contributed by atoms with Gasteiger partial charge in [0.1, 0.15) is 11.6 Å². The van der Waals surface area contributed by atoms with Crippen LogP contribution < -0.4 is 10.5 Å². The highest BCUT2D eigenvalue weighted by atomic mass is 19.1. The van der Waals surface area contributed by atoms with Crippen molar-refractivity contribution in [3.05, 3.63) is 57.0 Å². The van der Waals surface area contributed by atoms with Crippen LogP contribution in [0.2, 0.25) is 0 Å². The van der Waals surface area contributed by atoms with Crippen LogP contribution in [0, 0.1) is 18.6 Å². The normalized spacial score (nSPS) is 10.9. The van der Waals surface area contributed by atoms with E-state index in [2.05, 4.69) is 9.97 Å². The predicted molar refractivity (Wildman–Crippen MR) is 91.6 cm³/mol. The standard InChI is InChI=1S/C18H23F2N3O/c1-4-9-23(10-5-2)18-21-16(12(3)17(24)22-18)11-13-14(19)7-6-8-15(13)20/h6-8H,4-5,9-11H2,1-3H3,(H,21,22,24). The minimum absolute atomic E-state index is 0.0483. The Morgan fingerprint density at radius 3 is 2.25 bits per heavy atom. The van der Waals surface area contributed by atoms with E-state index < -0.39 is 11.6 Å². The first kappa shape index (κ1) is 18.1. The molecule has 1 heterocycles. The molecule has 0 amide bonds. The molecule has 0 bridgehead atoms. The molecule has 0 spiro atoms. The van der Waals surface area contributed by atoms with Crippen molar-refractivity contribution in [2.45, 2.75) is 40.0 Å². The van der Waals surface area contributed by atoms with Crippen molar-refractivity contribution in [1.29, 1.82) is 0 Å². The summed E-state index contributed by atoms with van der Waals surface area (Å²) in [6.07, 6.45) is 1.77. The molecule has 1 aromatic heterocycles. The Kier molecular flexibility index (Phi) is 6.06. The second-order valence-electron chi connectivity index (χ2n) is 5.83. The van der Waals surface area contributed by atoms with Crippen LogP contribution >= 0.6 is 0 Å². The zero-order valence-corrected chi connectivity index (χ0v) is 14.3. The highest BCUT2D eigenvalue weighted by Gasteiger charge is 2.16. The molecule has 0 aliphatic heterocycles. The smallest absolute Gasteiger partial charge is 0.255 e. The number of nitrogens with zero attached hydrogens (tertiary/aromatic N) is 2.